The number of amides is 1. The minimum Gasteiger partial charge on any atom is -0.448 e. The van der Waals surface area contributed by atoms with Gasteiger partial charge in [-0.15, -0.1) is 11.3 Å². The van der Waals surface area contributed by atoms with Gasteiger partial charge < -0.3 is 4.74 Å². The van der Waals surface area contributed by atoms with Crippen molar-refractivity contribution in [2.45, 2.75) is 31.7 Å². The van der Waals surface area contributed by atoms with Crippen LogP contribution in [0.1, 0.15) is 41.7 Å². The van der Waals surface area contributed by atoms with Crippen LogP contribution in [-0.4, -0.2) is 52.3 Å². The summed E-state index contributed by atoms with van der Waals surface area (Å²) >= 11 is 1.72. The molecule has 3 aliphatic rings. The van der Waals surface area contributed by atoms with E-state index in [1.165, 1.54) is 17.5 Å². The Morgan fingerprint density at radius 1 is 1.24 bits per heavy atom. The van der Waals surface area contributed by atoms with E-state index in [9.17, 15) is 9.59 Å². The fourth-order valence-electron chi connectivity index (χ4n) is 5.13. The molecular weight excluding hydrogens is 436 g/mol. The molecule has 0 saturated carbocycles. The average molecular weight is 465 g/mol. The van der Waals surface area contributed by atoms with Crippen molar-refractivity contribution in [2.24, 2.45) is 13.0 Å². The standard InChI is InChI=1S/C25H28N4O3S/c1-16(30)17-5-7-19(8-6-17)26-25(31)32-15-20-12-18-9-10-29(20)14-21(18)23-13-22(27-28(23)2)24-4-3-11-33-24/h3-8,11,13,18,20-21H,9-10,12,14-15H2,1-2H3,(H,26,31)/t18-,20+,21-/m0/s1. The highest BCUT2D eigenvalue weighted by atomic mass is 32.1. The van der Waals surface area contributed by atoms with Crippen LogP contribution in [0.25, 0.3) is 10.6 Å². The van der Waals surface area contributed by atoms with Crippen molar-refractivity contribution < 1.29 is 14.3 Å². The topological polar surface area (TPSA) is 76.5 Å². The molecule has 5 heterocycles. The van der Waals surface area contributed by atoms with Gasteiger partial charge in [0, 0.05) is 42.5 Å². The summed E-state index contributed by atoms with van der Waals surface area (Å²) in [6, 6.07) is 13.5. The number of carbonyl (C=O) groups is 2. The van der Waals surface area contributed by atoms with Crippen LogP contribution in [0, 0.1) is 5.92 Å². The van der Waals surface area contributed by atoms with Crippen LogP contribution in [-0.2, 0) is 11.8 Å². The summed E-state index contributed by atoms with van der Waals surface area (Å²) in [6.45, 7) is 3.91. The van der Waals surface area contributed by atoms with Gasteiger partial charge in [-0.25, -0.2) is 4.79 Å². The molecule has 3 aliphatic heterocycles. The molecule has 1 amide bonds. The molecule has 33 heavy (non-hydrogen) atoms. The maximum atomic E-state index is 12.3. The van der Waals surface area contributed by atoms with Crippen molar-refractivity contribution in [3.05, 3.63) is 59.1 Å². The Hall–Kier alpha value is -2.97. The maximum absolute atomic E-state index is 12.3. The lowest BCUT2D eigenvalue weighted by Crippen LogP contribution is -2.54. The van der Waals surface area contributed by atoms with Crippen molar-refractivity contribution >= 4 is 28.9 Å². The molecule has 3 fully saturated rings. The minimum atomic E-state index is -0.461. The van der Waals surface area contributed by atoms with Gasteiger partial charge in [0.05, 0.1) is 4.88 Å². The molecule has 2 bridgehead atoms. The van der Waals surface area contributed by atoms with Crippen LogP contribution in [0.3, 0.4) is 0 Å². The number of ketones is 1. The van der Waals surface area contributed by atoms with Crippen LogP contribution < -0.4 is 5.32 Å². The van der Waals surface area contributed by atoms with Gasteiger partial charge in [-0.1, -0.05) is 6.07 Å². The maximum Gasteiger partial charge on any atom is 0.411 e. The molecular formula is C25H28N4O3S. The molecule has 2 aromatic heterocycles. The number of ether oxygens (including phenoxy) is 1. The van der Waals surface area contributed by atoms with Gasteiger partial charge in [0.15, 0.2) is 5.78 Å². The van der Waals surface area contributed by atoms with E-state index in [0.29, 0.717) is 29.7 Å². The summed E-state index contributed by atoms with van der Waals surface area (Å²) in [5, 5.41) is 9.59. The molecule has 0 aliphatic carbocycles. The lowest BCUT2D eigenvalue weighted by atomic mass is 9.74. The Kier molecular flexibility index (Phi) is 6.03. The fraction of sp³-hybridized carbons (Fsp3) is 0.400. The third kappa shape index (κ3) is 4.58. The highest BCUT2D eigenvalue weighted by molar-refractivity contribution is 7.13. The van der Waals surface area contributed by atoms with Crippen LogP contribution in [0.4, 0.5) is 10.5 Å². The van der Waals surface area contributed by atoms with Gasteiger partial charge in [-0.05, 0) is 74.0 Å². The second-order valence-corrected chi connectivity index (χ2v) is 9.90. The number of rotatable bonds is 6. The molecule has 3 aromatic rings. The first kappa shape index (κ1) is 21.9. The molecule has 0 spiro atoms. The van der Waals surface area contributed by atoms with Crippen molar-refractivity contribution in [3.63, 3.8) is 0 Å². The summed E-state index contributed by atoms with van der Waals surface area (Å²) in [5.74, 6) is 1.02. The van der Waals surface area contributed by atoms with E-state index in [1.54, 1.807) is 35.6 Å². The third-order valence-electron chi connectivity index (χ3n) is 6.89. The third-order valence-corrected chi connectivity index (χ3v) is 7.79. The summed E-state index contributed by atoms with van der Waals surface area (Å²) in [6.07, 6.45) is 1.72. The highest BCUT2D eigenvalue weighted by Gasteiger charge is 2.42. The second kappa shape index (κ2) is 9.11. The minimum absolute atomic E-state index is 0.00213. The number of nitrogens with zero attached hydrogens (tertiary/aromatic N) is 3. The Labute approximate surface area is 197 Å². The number of hydrogen-bond donors (Lipinski definition) is 1. The number of Topliss-reactive ketones (excluding diaryl/α,β-unsaturated/α-hetero) is 1. The van der Waals surface area contributed by atoms with Gasteiger partial charge in [-0.2, -0.15) is 5.10 Å². The van der Waals surface area contributed by atoms with Gasteiger partial charge in [0.2, 0.25) is 0 Å². The average Bonchev–Trinajstić information content (AvgIpc) is 3.48. The smallest absolute Gasteiger partial charge is 0.411 e. The van der Waals surface area contributed by atoms with Crippen LogP contribution >= 0.6 is 11.3 Å². The zero-order valence-corrected chi connectivity index (χ0v) is 19.7. The quantitative estimate of drug-likeness (QED) is 0.532. The molecule has 1 aromatic carbocycles. The largest absolute Gasteiger partial charge is 0.448 e. The van der Waals surface area contributed by atoms with Gasteiger partial charge in [-0.3, -0.25) is 19.7 Å². The number of carbonyl (C=O) groups excluding carboxylic acids is 2. The van der Waals surface area contributed by atoms with Crippen LogP contribution in [0.2, 0.25) is 0 Å². The lowest BCUT2D eigenvalue weighted by molar-refractivity contribution is -0.00222. The van der Waals surface area contributed by atoms with E-state index in [1.807, 2.05) is 11.7 Å². The van der Waals surface area contributed by atoms with Crippen LogP contribution in [0.5, 0.6) is 0 Å². The van der Waals surface area contributed by atoms with Crippen molar-refractivity contribution in [1.29, 1.82) is 0 Å². The predicted molar refractivity (Wildman–Crippen MR) is 129 cm³/mol. The summed E-state index contributed by atoms with van der Waals surface area (Å²) in [4.78, 5) is 27.3. The van der Waals surface area contributed by atoms with E-state index in [0.717, 1.165) is 31.6 Å². The normalized spacial score (nSPS) is 23.9. The first-order valence-corrected chi connectivity index (χ1v) is 12.2. The number of thiophene rings is 1. The number of nitrogens with one attached hydrogen (secondary N) is 1. The number of hydrogen-bond acceptors (Lipinski definition) is 6. The Bertz CT molecular complexity index is 1140. The van der Waals surface area contributed by atoms with E-state index < -0.39 is 6.09 Å². The Morgan fingerprint density at radius 2 is 2.06 bits per heavy atom. The Morgan fingerprint density at radius 3 is 2.73 bits per heavy atom. The van der Waals surface area contributed by atoms with E-state index >= 15 is 0 Å². The molecule has 172 valence electrons. The number of aromatic nitrogens is 2. The molecule has 8 heteroatoms. The zero-order chi connectivity index (χ0) is 22.9. The number of benzene rings is 1. The second-order valence-electron chi connectivity index (χ2n) is 8.95. The molecule has 3 saturated heterocycles. The molecule has 7 nitrogen and oxygen atoms in total. The monoisotopic (exact) mass is 464 g/mol. The summed E-state index contributed by atoms with van der Waals surface area (Å²) < 4.78 is 7.60. The van der Waals surface area contributed by atoms with Crippen LogP contribution in [0.15, 0.2) is 47.8 Å². The number of fused-ring (bicyclic) bond motifs is 3. The van der Waals surface area contributed by atoms with Gasteiger partial charge in [0.25, 0.3) is 0 Å². The number of anilines is 1. The Balaban J connectivity index is 1.17. The van der Waals surface area contributed by atoms with Gasteiger partial charge >= 0.3 is 6.09 Å². The summed E-state index contributed by atoms with van der Waals surface area (Å²) in [5.41, 5.74) is 3.57. The molecule has 1 N–H and O–H groups in total. The van der Waals surface area contributed by atoms with Crippen molar-refractivity contribution in [1.82, 2.24) is 14.7 Å². The lowest BCUT2D eigenvalue weighted by Gasteiger charge is -2.49. The first-order valence-electron chi connectivity index (χ1n) is 11.3. The molecule has 0 radical (unpaired) electrons. The van der Waals surface area contributed by atoms with Crippen molar-refractivity contribution in [3.8, 4) is 10.6 Å². The number of piperidine rings is 3. The fourth-order valence-corrected chi connectivity index (χ4v) is 5.82. The van der Waals surface area contributed by atoms with E-state index in [4.69, 9.17) is 9.84 Å². The first-order chi connectivity index (χ1) is 16.0. The highest BCUT2D eigenvalue weighted by Crippen LogP contribution is 2.42. The molecule has 1 unspecified atom stereocenters. The zero-order valence-electron chi connectivity index (χ0n) is 18.9. The molecule has 6 rings (SSSR count). The van der Waals surface area contributed by atoms with Crippen molar-refractivity contribution in [2.75, 3.05) is 25.0 Å². The SMILES string of the molecule is CC(=O)c1ccc(NC(=O)OC[C@H]2C[C@@H]3CCN2C[C@@H]3c2cc(-c3cccs3)nn2C)cc1. The van der Waals surface area contributed by atoms with Gasteiger partial charge in [0.1, 0.15) is 12.3 Å². The van der Waals surface area contributed by atoms with E-state index in [2.05, 4.69) is 33.8 Å². The molecule has 4 atom stereocenters. The predicted octanol–water partition coefficient (Wildman–Crippen LogP) is 4.78. The van der Waals surface area contributed by atoms with E-state index in [-0.39, 0.29) is 11.8 Å². The number of aryl methyl sites for hydroxylation is 1. The summed E-state index contributed by atoms with van der Waals surface area (Å²) in [7, 11) is 2.04.